The lowest BCUT2D eigenvalue weighted by molar-refractivity contribution is -0.128. The molecule has 2 aliphatic carbocycles. The minimum atomic E-state index is -1.04. The zero-order valence-corrected chi connectivity index (χ0v) is 17.9. The quantitative estimate of drug-likeness (QED) is 0.498. The van der Waals surface area contributed by atoms with Gasteiger partial charge in [-0.15, -0.1) is 0 Å². The van der Waals surface area contributed by atoms with E-state index in [1.807, 2.05) is 74.5 Å². The Kier molecular flexibility index (Phi) is 4.63. The average molecular weight is 426 g/mol. The third kappa shape index (κ3) is 2.65. The van der Waals surface area contributed by atoms with Crippen molar-refractivity contribution in [2.75, 3.05) is 0 Å². The van der Waals surface area contributed by atoms with Gasteiger partial charge in [-0.2, -0.15) is 0 Å². The molecular weight excluding hydrogens is 403 g/mol. The van der Waals surface area contributed by atoms with E-state index in [-0.39, 0.29) is 11.6 Å². The summed E-state index contributed by atoms with van der Waals surface area (Å²) in [6.45, 7) is 3.74. The Bertz CT molecular complexity index is 1220. The van der Waals surface area contributed by atoms with Crippen molar-refractivity contribution in [3.05, 3.63) is 102 Å². The van der Waals surface area contributed by atoms with E-state index in [2.05, 4.69) is 0 Å². The molecule has 1 fully saturated rings. The van der Waals surface area contributed by atoms with Gasteiger partial charge in [0.15, 0.2) is 5.78 Å². The highest BCUT2D eigenvalue weighted by molar-refractivity contribution is 6.24. The number of fused-ring (bicyclic) bond motifs is 2. The summed E-state index contributed by atoms with van der Waals surface area (Å²) in [6, 6.07) is 25.3. The number of benzene rings is 3. The van der Waals surface area contributed by atoms with Gasteiger partial charge in [0.05, 0.1) is 16.7 Å². The summed E-state index contributed by atoms with van der Waals surface area (Å²) in [4.78, 5) is 26.5. The average Bonchev–Trinajstić information content (AvgIpc) is 3.10. The molecule has 4 atom stereocenters. The maximum Gasteiger partial charge on any atom is 0.158 e. The molecule has 32 heavy (non-hydrogen) atoms. The predicted octanol–water partition coefficient (Wildman–Crippen LogP) is 5.61. The molecule has 3 aromatic rings. The Hall–Kier alpha value is -3.53. The van der Waals surface area contributed by atoms with Crippen molar-refractivity contribution in [3.8, 4) is 5.75 Å². The van der Waals surface area contributed by atoms with Gasteiger partial charge in [0.1, 0.15) is 24.0 Å². The van der Waals surface area contributed by atoms with Crippen molar-refractivity contribution < 1.29 is 18.7 Å². The van der Waals surface area contributed by atoms with Gasteiger partial charge < -0.3 is 9.53 Å². The molecule has 5 rings (SSSR count). The third-order valence-corrected chi connectivity index (χ3v) is 7.14. The zero-order chi connectivity index (χ0) is 22.5. The van der Waals surface area contributed by atoms with Crippen LogP contribution in [0.25, 0.3) is 11.1 Å². The topological polar surface area (TPSA) is 43.4 Å². The number of halogens is 1. The van der Waals surface area contributed by atoms with Crippen molar-refractivity contribution in [1.82, 2.24) is 0 Å². The van der Waals surface area contributed by atoms with E-state index in [9.17, 15) is 14.0 Å². The fraction of sp³-hybridized carbons (Fsp3) is 0.214. The standard InChI is InChI=1S/C28H23FO3/c1-27-22(17-30)25(32-21-15-13-20(29)14-16-21)28(2,26(27)31)24(19-11-7-4-8-12-19)23(27)18-9-5-3-6-10-18/h3-17,22,25H,1-2H3. The number of Topliss-reactive ketones (excluding diaryl/α,β-unsaturated/α-hetero) is 1. The maximum absolute atomic E-state index is 14.1. The van der Waals surface area contributed by atoms with E-state index in [0.717, 1.165) is 28.6 Å². The van der Waals surface area contributed by atoms with Gasteiger partial charge in [0.2, 0.25) is 0 Å². The summed E-state index contributed by atoms with van der Waals surface area (Å²) in [7, 11) is 0. The summed E-state index contributed by atoms with van der Waals surface area (Å²) >= 11 is 0. The number of ether oxygens (including phenoxy) is 1. The second-order valence-electron chi connectivity index (χ2n) is 8.87. The highest BCUT2D eigenvalue weighted by atomic mass is 19.1. The summed E-state index contributed by atoms with van der Waals surface area (Å²) in [5.74, 6) is -0.635. The van der Waals surface area contributed by atoms with Crippen LogP contribution in [0.4, 0.5) is 4.39 Å². The van der Waals surface area contributed by atoms with Crippen LogP contribution in [0.5, 0.6) is 5.75 Å². The van der Waals surface area contributed by atoms with Crippen LogP contribution in [0.15, 0.2) is 84.9 Å². The van der Waals surface area contributed by atoms with Crippen LogP contribution >= 0.6 is 0 Å². The molecule has 4 unspecified atom stereocenters. The van der Waals surface area contributed by atoms with Crippen molar-refractivity contribution in [2.24, 2.45) is 16.7 Å². The number of carbonyl (C=O) groups is 2. The van der Waals surface area contributed by atoms with E-state index in [1.165, 1.54) is 24.3 Å². The molecule has 0 N–H and O–H groups in total. The van der Waals surface area contributed by atoms with E-state index in [4.69, 9.17) is 4.74 Å². The molecule has 0 heterocycles. The first-order chi connectivity index (χ1) is 15.4. The minimum Gasteiger partial charge on any atom is -0.488 e. The highest BCUT2D eigenvalue weighted by Gasteiger charge is 2.73. The SMILES string of the molecule is CC12C(=O)C(C)(C(c3ccccc3)=C1c1ccccc1)C(Oc1ccc(F)cc1)C2C=O. The molecule has 0 saturated heterocycles. The van der Waals surface area contributed by atoms with Gasteiger partial charge >= 0.3 is 0 Å². The Balaban J connectivity index is 1.77. The molecule has 2 aliphatic rings. The molecule has 0 radical (unpaired) electrons. The molecule has 160 valence electrons. The van der Waals surface area contributed by atoms with Crippen LogP contribution in [0, 0.1) is 22.6 Å². The van der Waals surface area contributed by atoms with E-state index in [0.29, 0.717) is 5.75 Å². The fourth-order valence-electron chi connectivity index (χ4n) is 5.69. The minimum absolute atomic E-state index is 0.0214. The first-order valence-electron chi connectivity index (χ1n) is 10.7. The number of carbonyl (C=O) groups excluding carboxylic acids is 2. The predicted molar refractivity (Wildman–Crippen MR) is 121 cm³/mol. The Morgan fingerprint density at radius 3 is 1.78 bits per heavy atom. The summed E-state index contributed by atoms with van der Waals surface area (Å²) in [6.07, 6.45) is 0.146. The smallest absolute Gasteiger partial charge is 0.158 e. The first kappa shape index (κ1) is 20.4. The first-order valence-corrected chi connectivity index (χ1v) is 10.7. The Morgan fingerprint density at radius 1 is 0.781 bits per heavy atom. The molecule has 3 aromatic carbocycles. The number of rotatable bonds is 5. The number of ketones is 1. The number of allylic oxidation sites excluding steroid dienone is 1. The van der Waals surface area contributed by atoms with Crippen molar-refractivity contribution in [2.45, 2.75) is 20.0 Å². The van der Waals surface area contributed by atoms with Crippen LogP contribution in [0.2, 0.25) is 0 Å². The van der Waals surface area contributed by atoms with Crippen molar-refractivity contribution in [3.63, 3.8) is 0 Å². The fourth-order valence-corrected chi connectivity index (χ4v) is 5.69. The van der Waals surface area contributed by atoms with Gasteiger partial charge in [-0.25, -0.2) is 4.39 Å². The van der Waals surface area contributed by atoms with Gasteiger partial charge in [-0.1, -0.05) is 60.7 Å². The van der Waals surface area contributed by atoms with Gasteiger partial charge in [0, 0.05) is 0 Å². The Labute approximate surface area is 186 Å². The van der Waals surface area contributed by atoms with Crippen LogP contribution < -0.4 is 4.74 Å². The molecular formula is C28H23FO3. The Morgan fingerprint density at radius 2 is 1.28 bits per heavy atom. The zero-order valence-electron chi connectivity index (χ0n) is 17.9. The molecule has 0 amide bonds. The number of hydrogen-bond donors (Lipinski definition) is 0. The largest absolute Gasteiger partial charge is 0.488 e. The van der Waals surface area contributed by atoms with Gasteiger partial charge in [-0.3, -0.25) is 4.79 Å². The second-order valence-corrected chi connectivity index (χ2v) is 8.87. The van der Waals surface area contributed by atoms with E-state index >= 15 is 0 Å². The molecule has 0 aliphatic heterocycles. The van der Waals surface area contributed by atoms with Crippen LogP contribution in [-0.4, -0.2) is 18.2 Å². The molecule has 0 aromatic heterocycles. The third-order valence-electron chi connectivity index (χ3n) is 7.14. The van der Waals surface area contributed by atoms with Gasteiger partial charge in [0.25, 0.3) is 0 Å². The molecule has 0 spiro atoms. The molecule has 1 saturated carbocycles. The summed E-state index contributed by atoms with van der Waals surface area (Å²) in [5, 5.41) is 0. The van der Waals surface area contributed by atoms with E-state index < -0.39 is 22.9 Å². The van der Waals surface area contributed by atoms with Crippen molar-refractivity contribution in [1.29, 1.82) is 0 Å². The monoisotopic (exact) mass is 426 g/mol. The summed E-state index contributed by atoms with van der Waals surface area (Å²) < 4.78 is 19.7. The maximum atomic E-state index is 14.1. The summed E-state index contributed by atoms with van der Waals surface area (Å²) in [5.41, 5.74) is 1.56. The highest BCUT2D eigenvalue weighted by Crippen LogP contribution is 2.69. The lowest BCUT2D eigenvalue weighted by Crippen LogP contribution is -2.43. The second kappa shape index (κ2) is 7.27. The molecule has 4 heteroatoms. The number of aldehydes is 1. The lowest BCUT2D eigenvalue weighted by atomic mass is 9.66. The van der Waals surface area contributed by atoms with Crippen LogP contribution in [-0.2, 0) is 9.59 Å². The van der Waals surface area contributed by atoms with Gasteiger partial charge in [-0.05, 0) is 60.4 Å². The van der Waals surface area contributed by atoms with E-state index in [1.54, 1.807) is 0 Å². The lowest BCUT2D eigenvalue weighted by Gasteiger charge is -2.39. The van der Waals surface area contributed by atoms with Crippen LogP contribution in [0.1, 0.15) is 25.0 Å². The number of hydrogen-bond acceptors (Lipinski definition) is 3. The van der Waals surface area contributed by atoms with Crippen molar-refractivity contribution >= 4 is 23.2 Å². The molecule has 3 nitrogen and oxygen atoms in total. The van der Waals surface area contributed by atoms with Crippen LogP contribution in [0.3, 0.4) is 0 Å². The normalized spacial score (nSPS) is 28.8. The molecule has 2 bridgehead atoms.